The standard InChI is InChI=1S/C6H12O.C4H10O/c7-6-4-2-1-3-5-6;1-4(2)3-5/h6-7H,1-5H2;4-5H,3H2,1-2H3. The highest BCUT2D eigenvalue weighted by atomic mass is 16.3. The second-order valence-electron chi connectivity index (χ2n) is 3.87. The molecule has 0 unspecified atom stereocenters. The van der Waals surface area contributed by atoms with Crippen LogP contribution < -0.4 is 0 Å². The molecule has 1 saturated carbocycles. The largest absolute Gasteiger partial charge is 0.396 e. The van der Waals surface area contributed by atoms with E-state index in [2.05, 4.69) is 0 Å². The van der Waals surface area contributed by atoms with Crippen molar-refractivity contribution in [2.24, 2.45) is 5.92 Å². The van der Waals surface area contributed by atoms with E-state index in [1.807, 2.05) is 13.8 Å². The second-order valence-corrected chi connectivity index (χ2v) is 3.87. The van der Waals surface area contributed by atoms with Crippen LogP contribution >= 0.6 is 0 Å². The van der Waals surface area contributed by atoms with Crippen LogP contribution in [0.25, 0.3) is 0 Å². The van der Waals surface area contributed by atoms with Crippen LogP contribution in [0.2, 0.25) is 0 Å². The third kappa shape index (κ3) is 8.02. The average molecular weight is 174 g/mol. The van der Waals surface area contributed by atoms with E-state index in [-0.39, 0.29) is 6.10 Å². The summed E-state index contributed by atoms with van der Waals surface area (Å²) in [7, 11) is 0. The summed E-state index contributed by atoms with van der Waals surface area (Å²) < 4.78 is 0. The van der Waals surface area contributed by atoms with Gasteiger partial charge in [-0.1, -0.05) is 33.1 Å². The lowest BCUT2D eigenvalue weighted by Crippen LogP contribution is -2.09. The molecule has 2 heteroatoms. The van der Waals surface area contributed by atoms with E-state index in [4.69, 9.17) is 10.2 Å². The highest BCUT2D eigenvalue weighted by molar-refractivity contribution is 4.61. The molecule has 0 aromatic carbocycles. The van der Waals surface area contributed by atoms with Crippen molar-refractivity contribution in [2.45, 2.75) is 52.1 Å². The maximum Gasteiger partial charge on any atom is 0.0540 e. The molecule has 1 aliphatic carbocycles. The van der Waals surface area contributed by atoms with Gasteiger partial charge in [0.1, 0.15) is 0 Å². The van der Waals surface area contributed by atoms with Crippen molar-refractivity contribution in [1.82, 2.24) is 0 Å². The Morgan fingerprint density at radius 3 is 1.75 bits per heavy atom. The molecule has 0 atom stereocenters. The van der Waals surface area contributed by atoms with E-state index >= 15 is 0 Å². The molecule has 0 heterocycles. The first-order chi connectivity index (χ1) is 5.66. The molecule has 0 aliphatic heterocycles. The van der Waals surface area contributed by atoms with E-state index in [1.54, 1.807) is 0 Å². The summed E-state index contributed by atoms with van der Waals surface area (Å²) in [5.41, 5.74) is 0. The Labute approximate surface area is 75.6 Å². The van der Waals surface area contributed by atoms with Gasteiger partial charge in [0.2, 0.25) is 0 Å². The lowest BCUT2D eigenvalue weighted by molar-refractivity contribution is 0.130. The van der Waals surface area contributed by atoms with Gasteiger partial charge in [0.15, 0.2) is 0 Å². The van der Waals surface area contributed by atoms with E-state index in [1.165, 1.54) is 19.3 Å². The molecular weight excluding hydrogens is 152 g/mol. The van der Waals surface area contributed by atoms with Crippen molar-refractivity contribution in [1.29, 1.82) is 0 Å². The molecule has 0 saturated heterocycles. The van der Waals surface area contributed by atoms with E-state index in [0.29, 0.717) is 12.5 Å². The summed E-state index contributed by atoms with van der Waals surface area (Å²) >= 11 is 0. The minimum absolute atomic E-state index is 0.0359. The zero-order valence-corrected chi connectivity index (χ0v) is 8.29. The topological polar surface area (TPSA) is 40.5 Å². The second kappa shape index (κ2) is 7.56. The van der Waals surface area contributed by atoms with Crippen molar-refractivity contribution in [3.05, 3.63) is 0 Å². The summed E-state index contributed by atoms with van der Waals surface area (Å²) in [6, 6.07) is 0. The van der Waals surface area contributed by atoms with Crippen LogP contribution in [0.5, 0.6) is 0 Å². The van der Waals surface area contributed by atoms with Crippen LogP contribution in [0.15, 0.2) is 0 Å². The Morgan fingerprint density at radius 1 is 1.17 bits per heavy atom. The third-order valence-corrected chi connectivity index (χ3v) is 1.94. The van der Waals surface area contributed by atoms with Crippen LogP contribution in [0, 0.1) is 5.92 Å². The molecule has 0 radical (unpaired) electrons. The summed E-state index contributed by atoms with van der Waals surface area (Å²) in [6.07, 6.45) is 5.92. The summed E-state index contributed by atoms with van der Waals surface area (Å²) in [6.45, 7) is 4.25. The first-order valence-corrected chi connectivity index (χ1v) is 4.95. The molecular formula is C10H22O2. The monoisotopic (exact) mass is 174 g/mol. The minimum atomic E-state index is 0.0359. The highest BCUT2D eigenvalue weighted by Gasteiger charge is 2.07. The van der Waals surface area contributed by atoms with Crippen LogP contribution in [-0.4, -0.2) is 22.9 Å². The molecule has 0 bridgehead atoms. The Bertz CT molecular complexity index is 85.8. The molecule has 0 spiro atoms. The quantitative estimate of drug-likeness (QED) is 0.638. The van der Waals surface area contributed by atoms with Crippen LogP contribution in [0.1, 0.15) is 46.0 Å². The van der Waals surface area contributed by atoms with Gasteiger partial charge in [-0.2, -0.15) is 0 Å². The fourth-order valence-corrected chi connectivity index (χ4v) is 1.08. The van der Waals surface area contributed by atoms with E-state index < -0.39 is 0 Å². The molecule has 0 aromatic rings. The number of hydrogen-bond donors (Lipinski definition) is 2. The molecule has 0 amide bonds. The van der Waals surface area contributed by atoms with Crippen molar-refractivity contribution in [3.8, 4) is 0 Å². The zero-order chi connectivity index (χ0) is 9.40. The van der Waals surface area contributed by atoms with Gasteiger partial charge in [0.05, 0.1) is 6.10 Å². The Balaban J connectivity index is 0.000000217. The Hall–Kier alpha value is -0.0800. The van der Waals surface area contributed by atoms with Gasteiger partial charge < -0.3 is 10.2 Å². The average Bonchev–Trinajstić information content (AvgIpc) is 2.07. The summed E-state index contributed by atoms with van der Waals surface area (Å²) in [4.78, 5) is 0. The third-order valence-electron chi connectivity index (χ3n) is 1.94. The SMILES string of the molecule is CC(C)CO.OC1CCCCC1. The van der Waals surface area contributed by atoms with Gasteiger partial charge in [0, 0.05) is 6.61 Å². The predicted octanol–water partition coefficient (Wildman–Crippen LogP) is 1.95. The first kappa shape index (κ1) is 11.9. The van der Waals surface area contributed by atoms with Gasteiger partial charge in [-0.05, 0) is 18.8 Å². The van der Waals surface area contributed by atoms with Crippen molar-refractivity contribution in [3.63, 3.8) is 0 Å². The number of rotatable bonds is 1. The molecule has 1 aliphatic rings. The lowest BCUT2D eigenvalue weighted by Gasteiger charge is -2.14. The minimum Gasteiger partial charge on any atom is -0.396 e. The molecule has 12 heavy (non-hydrogen) atoms. The lowest BCUT2D eigenvalue weighted by atomic mass is 9.98. The summed E-state index contributed by atoms with van der Waals surface area (Å²) in [5.74, 6) is 0.440. The van der Waals surface area contributed by atoms with Crippen molar-refractivity contribution < 1.29 is 10.2 Å². The smallest absolute Gasteiger partial charge is 0.0540 e. The van der Waals surface area contributed by atoms with Gasteiger partial charge in [-0.15, -0.1) is 0 Å². The van der Waals surface area contributed by atoms with Gasteiger partial charge in [-0.3, -0.25) is 0 Å². The summed E-state index contributed by atoms with van der Waals surface area (Å²) in [5, 5.41) is 17.1. The molecule has 2 N–H and O–H groups in total. The van der Waals surface area contributed by atoms with Crippen LogP contribution in [0.3, 0.4) is 0 Å². The maximum atomic E-state index is 8.91. The maximum absolute atomic E-state index is 8.91. The molecule has 1 rings (SSSR count). The van der Waals surface area contributed by atoms with Gasteiger partial charge in [-0.25, -0.2) is 0 Å². The number of aliphatic hydroxyl groups excluding tert-OH is 2. The number of hydrogen-bond acceptors (Lipinski definition) is 2. The van der Waals surface area contributed by atoms with Crippen LogP contribution in [-0.2, 0) is 0 Å². The highest BCUT2D eigenvalue weighted by Crippen LogP contribution is 2.16. The predicted molar refractivity (Wildman–Crippen MR) is 51.0 cm³/mol. The Kier molecular flexibility index (Phi) is 7.51. The molecule has 74 valence electrons. The van der Waals surface area contributed by atoms with Crippen molar-refractivity contribution >= 4 is 0 Å². The van der Waals surface area contributed by atoms with Gasteiger partial charge >= 0.3 is 0 Å². The number of aliphatic hydroxyl groups is 2. The first-order valence-electron chi connectivity index (χ1n) is 4.95. The molecule has 2 nitrogen and oxygen atoms in total. The Morgan fingerprint density at radius 2 is 1.58 bits per heavy atom. The normalized spacial score (nSPS) is 18.8. The van der Waals surface area contributed by atoms with Crippen molar-refractivity contribution in [2.75, 3.05) is 6.61 Å². The van der Waals surface area contributed by atoms with E-state index in [0.717, 1.165) is 12.8 Å². The molecule has 1 fully saturated rings. The fourth-order valence-electron chi connectivity index (χ4n) is 1.08. The zero-order valence-electron chi connectivity index (χ0n) is 8.29. The van der Waals surface area contributed by atoms with Gasteiger partial charge in [0.25, 0.3) is 0 Å². The van der Waals surface area contributed by atoms with Crippen LogP contribution in [0.4, 0.5) is 0 Å². The molecule has 0 aromatic heterocycles. The van der Waals surface area contributed by atoms with E-state index in [9.17, 15) is 0 Å². The fraction of sp³-hybridized carbons (Fsp3) is 1.00.